The number of hydrogen-bond donors (Lipinski definition) is 1. The Kier molecular flexibility index (Phi) is 4.97. The molecule has 4 nitrogen and oxygen atoms in total. The molecule has 1 aromatic heterocycles. The standard InChI is InChI=1S/C16H28N4/c1-5-16(6-2)7-9-20(10-8-16)15-18-12-14(11-17-4)13(3)19-15/h12,17H,5-11H2,1-4H3. The summed E-state index contributed by atoms with van der Waals surface area (Å²) >= 11 is 0. The number of rotatable bonds is 5. The fourth-order valence-electron chi connectivity index (χ4n) is 3.13. The Morgan fingerprint density at radius 3 is 2.40 bits per heavy atom. The van der Waals surface area contributed by atoms with E-state index in [9.17, 15) is 0 Å². The minimum absolute atomic E-state index is 0.553. The Balaban J connectivity index is 2.05. The van der Waals surface area contributed by atoms with Gasteiger partial charge in [-0.05, 0) is 32.2 Å². The molecule has 1 saturated heterocycles. The molecule has 112 valence electrons. The first kappa shape index (κ1) is 15.2. The van der Waals surface area contributed by atoms with Crippen molar-refractivity contribution in [2.75, 3.05) is 25.0 Å². The van der Waals surface area contributed by atoms with Gasteiger partial charge >= 0.3 is 0 Å². The van der Waals surface area contributed by atoms with Crippen LogP contribution < -0.4 is 10.2 Å². The predicted molar refractivity (Wildman–Crippen MR) is 84.0 cm³/mol. The van der Waals surface area contributed by atoms with Gasteiger partial charge in [-0.1, -0.05) is 26.7 Å². The summed E-state index contributed by atoms with van der Waals surface area (Å²) in [7, 11) is 1.95. The van der Waals surface area contributed by atoms with Gasteiger partial charge in [-0.2, -0.15) is 0 Å². The summed E-state index contributed by atoms with van der Waals surface area (Å²) in [6, 6.07) is 0. The van der Waals surface area contributed by atoms with Gasteiger partial charge < -0.3 is 10.2 Å². The summed E-state index contributed by atoms with van der Waals surface area (Å²) in [4.78, 5) is 11.6. The van der Waals surface area contributed by atoms with Crippen molar-refractivity contribution < 1.29 is 0 Å². The summed E-state index contributed by atoms with van der Waals surface area (Å²) in [6.07, 6.45) is 7.08. The molecule has 0 spiro atoms. The Morgan fingerprint density at radius 2 is 1.90 bits per heavy atom. The highest BCUT2D eigenvalue weighted by atomic mass is 15.3. The second-order valence-electron chi connectivity index (χ2n) is 6.01. The Labute approximate surface area is 123 Å². The average molecular weight is 276 g/mol. The molecule has 0 bridgehead atoms. The Morgan fingerprint density at radius 1 is 1.25 bits per heavy atom. The number of aryl methyl sites for hydroxylation is 1. The van der Waals surface area contributed by atoms with Crippen LogP contribution in [0.2, 0.25) is 0 Å². The third-order valence-electron chi connectivity index (χ3n) is 5.04. The van der Waals surface area contributed by atoms with Crippen LogP contribution in [0.4, 0.5) is 5.95 Å². The van der Waals surface area contributed by atoms with E-state index < -0.39 is 0 Å². The monoisotopic (exact) mass is 276 g/mol. The summed E-state index contributed by atoms with van der Waals surface area (Å²) in [5.74, 6) is 0.906. The predicted octanol–water partition coefficient (Wildman–Crippen LogP) is 2.91. The smallest absolute Gasteiger partial charge is 0.225 e. The van der Waals surface area contributed by atoms with Gasteiger partial charge in [0.05, 0.1) is 0 Å². The average Bonchev–Trinajstić information content (AvgIpc) is 2.49. The third kappa shape index (κ3) is 3.11. The molecule has 0 aliphatic carbocycles. The molecule has 0 amide bonds. The second-order valence-corrected chi connectivity index (χ2v) is 6.01. The molecule has 1 fully saturated rings. The van der Waals surface area contributed by atoms with E-state index in [1.165, 1.54) is 31.2 Å². The van der Waals surface area contributed by atoms with Crippen molar-refractivity contribution in [1.82, 2.24) is 15.3 Å². The second kappa shape index (κ2) is 6.53. The molecule has 1 aliphatic rings. The van der Waals surface area contributed by atoms with Crippen molar-refractivity contribution >= 4 is 5.95 Å². The minimum Gasteiger partial charge on any atom is -0.341 e. The molecule has 2 rings (SSSR count). The lowest BCUT2D eigenvalue weighted by Gasteiger charge is -2.41. The van der Waals surface area contributed by atoms with Gasteiger partial charge in [-0.3, -0.25) is 0 Å². The van der Waals surface area contributed by atoms with Gasteiger partial charge in [0.25, 0.3) is 0 Å². The van der Waals surface area contributed by atoms with Gasteiger partial charge in [-0.15, -0.1) is 0 Å². The van der Waals surface area contributed by atoms with E-state index >= 15 is 0 Å². The quantitative estimate of drug-likeness (QED) is 0.898. The van der Waals surface area contributed by atoms with Gasteiger partial charge in [0, 0.05) is 37.1 Å². The van der Waals surface area contributed by atoms with Gasteiger partial charge in [0.1, 0.15) is 0 Å². The van der Waals surface area contributed by atoms with Crippen molar-refractivity contribution in [2.45, 2.75) is 53.0 Å². The zero-order valence-electron chi connectivity index (χ0n) is 13.4. The molecular formula is C16H28N4. The highest BCUT2D eigenvalue weighted by Gasteiger charge is 2.32. The van der Waals surface area contributed by atoms with E-state index in [4.69, 9.17) is 0 Å². The van der Waals surface area contributed by atoms with Crippen LogP contribution in [-0.4, -0.2) is 30.1 Å². The fraction of sp³-hybridized carbons (Fsp3) is 0.750. The number of nitrogens with zero attached hydrogens (tertiary/aromatic N) is 3. The van der Waals surface area contributed by atoms with Crippen LogP contribution >= 0.6 is 0 Å². The van der Waals surface area contributed by atoms with E-state index in [1.54, 1.807) is 0 Å². The van der Waals surface area contributed by atoms with Crippen LogP contribution in [0, 0.1) is 12.3 Å². The van der Waals surface area contributed by atoms with E-state index in [1.807, 2.05) is 13.2 Å². The lowest BCUT2D eigenvalue weighted by molar-refractivity contribution is 0.198. The zero-order chi connectivity index (χ0) is 14.6. The zero-order valence-corrected chi connectivity index (χ0v) is 13.4. The van der Waals surface area contributed by atoms with Crippen LogP contribution in [0.1, 0.15) is 50.8 Å². The molecule has 0 radical (unpaired) electrons. The first-order valence-corrected chi connectivity index (χ1v) is 7.86. The fourth-order valence-corrected chi connectivity index (χ4v) is 3.13. The summed E-state index contributed by atoms with van der Waals surface area (Å²) in [6.45, 7) is 9.74. The highest BCUT2D eigenvalue weighted by Crippen LogP contribution is 2.38. The molecule has 0 atom stereocenters. The molecule has 1 N–H and O–H groups in total. The molecule has 20 heavy (non-hydrogen) atoms. The molecule has 0 aromatic carbocycles. The lowest BCUT2D eigenvalue weighted by atomic mass is 9.74. The van der Waals surface area contributed by atoms with Gasteiger partial charge in [0.2, 0.25) is 5.95 Å². The Bertz CT molecular complexity index is 430. The number of anilines is 1. The van der Waals surface area contributed by atoms with Gasteiger partial charge in [-0.25, -0.2) is 9.97 Å². The summed E-state index contributed by atoms with van der Waals surface area (Å²) < 4.78 is 0. The number of aromatic nitrogens is 2. The molecule has 0 saturated carbocycles. The molecule has 2 heterocycles. The van der Waals surface area contributed by atoms with Crippen LogP contribution in [0.15, 0.2) is 6.20 Å². The topological polar surface area (TPSA) is 41.1 Å². The highest BCUT2D eigenvalue weighted by molar-refractivity contribution is 5.33. The van der Waals surface area contributed by atoms with Crippen LogP contribution in [0.3, 0.4) is 0 Å². The maximum absolute atomic E-state index is 4.69. The van der Waals surface area contributed by atoms with Crippen LogP contribution in [0.25, 0.3) is 0 Å². The van der Waals surface area contributed by atoms with E-state index in [0.717, 1.165) is 31.3 Å². The van der Waals surface area contributed by atoms with Gasteiger partial charge in [0.15, 0.2) is 0 Å². The summed E-state index contributed by atoms with van der Waals surface area (Å²) in [5, 5.41) is 3.16. The van der Waals surface area contributed by atoms with Crippen LogP contribution in [0.5, 0.6) is 0 Å². The molecule has 4 heteroatoms. The van der Waals surface area contributed by atoms with Crippen molar-refractivity contribution in [3.63, 3.8) is 0 Å². The normalized spacial score (nSPS) is 18.3. The van der Waals surface area contributed by atoms with E-state index in [0.29, 0.717) is 5.41 Å². The molecule has 0 unspecified atom stereocenters. The first-order valence-electron chi connectivity index (χ1n) is 7.86. The Hall–Kier alpha value is -1.16. The van der Waals surface area contributed by atoms with Crippen molar-refractivity contribution in [1.29, 1.82) is 0 Å². The van der Waals surface area contributed by atoms with Crippen molar-refractivity contribution in [3.8, 4) is 0 Å². The maximum Gasteiger partial charge on any atom is 0.225 e. The largest absolute Gasteiger partial charge is 0.341 e. The van der Waals surface area contributed by atoms with Crippen LogP contribution in [-0.2, 0) is 6.54 Å². The van der Waals surface area contributed by atoms with E-state index in [-0.39, 0.29) is 0 Å². The minimum atomic E-state index is 0.553. The summed E-state index contributed by atoms with van der Waals surface area (Å²) in [5.41, 5.74) is 2.83. The number of hydrogen-bond acceptors (Lipinski definition) is 4. The molecule has 1 aromatic rings. The van der Waals surface area contributed by atoms with Crippen molar-refractivity contribution in [3.05, 3.63) is 17.5 Å². The number of nitrogens with one attached hydrogen (secondary N) is 1. The maximum atomic E-state index is 4.69. The molecular weight excluding hydrogens is 248 g/mol. The third-order valence-corrected chi connectivity index (χ3v) is 5.04. The lowest BCUT2D eigenvalue weighted by Crippen LogP contribution is -2.40. The molecule has 1 aliphatic heterocycles. The van der Waals surface area contributed by atoms with E-state index in [2.05, 4.69) is 41.0 Å². The van der Waals surface area contributed by atoms with Crippen molar-refractivity contribution in [2.24, 2.45) is 5.41 Å². The first-order chi connectivity index (χ1) is 9.64. The number of piperidine rings is 1. The SMILES string of the molecule is CCC1(CC)CCN(c2ncc(CNC)c(C)n2)CC1.